The molecule has 0 aromatic heterocycles. The van der Waals surface area contributed by atoms with E-state index >= 15 is 0 Å². The molecule has 1 fully saturated rings. The lowest BCUT2D eigenvalue weighted by Gasteiger charge is -2.33. The van der Waals surface area contributed by atoms with Gasteiger partial charge in [-0.25, -0.2) is 0 Å². The largest absolute Gasteiger partial charge is 0.481 e. The molecule has 2 rings (SSSR count). The first-order valence-electron chi connectivity index (χ1n) is 8.10. The predicted octanol–water partition coefficient (Wildman–Crippen LogP) is 4.52. The van der Waals surface area contributed by atoms with E-state index in [1.54, 1.807) is 0 Å². The molecule has 0 heterocycles. The highest BCUT2D eigenvalue weighted by atomic mass is 35.5. The number of carbonyl (C=O) groups excluding carboxylic acids is 1. The molecule has 0 radical (unpaired) electrons. The molecule has 0 N–H and O–H groups in total. The first-order chi connectivity index (χ1) is 10.4. The summed E-state index contributed by atoms with van der Waals surface area (Å²) in [7, 11) is 1.90. The van der Waals surface area contributed by atoms with Gasteiger partial charge in [-0.2, -0.15) is 0 Å². The van der Waals surface area contributed by atoms with E-state index in [0.29, 0.717) is 11.8 Å². The van der Waals surface area contributed by atoms with Crippen molar-refractivity contribution >= 4 is 17.5 Å². The van der Waals surface area contributed by atoms with Crippen LogP contribution in [0.1, 0.15) is 50.2 Å². The van der Waals surface area contributed by atoms with Crippen molar-refractivity contribution in [1.29, 1.82) is 0 Å². The van der Waals surface area contributed by atoms with Crippen LogP contribution in [0.5, 0.6) is 5.75 Å². The van der Waals surface area contributed by atoms with Gasteiger partial charge < -0.3 is 9.64 Å². The lowest BCUT2D eigenvalue weighted by molar-refractivity contribution is -0.139. The topological polar surface area (TPSA) is 29.5 Å². The molecule has 0 spiro atoms. The molecule has 1 saturated carbocycles. The van der Waals surface area contributed by atoms with Crippen molar-refractivity contribution in [2.24, 2.45) is 0 Å². The normalized spacial score (nSPS) is 17.1. The molecule has 122 valence electrons. The van der Waals surface area contributed by atoms with E-state index < -0.39 is 6.10 Å². The summed E-state index contributed by atoms with van der Waals surface area (Å²) in [6.45, 7) is 5.71. The molecule has 1 atom stereocenters. The van der Waals surface area contributed by atoms with E-state index in [9.17, 15) is 4.79 Å². The van der Waals surface area contributed by atoms with E-state index in [4.69, 9.17) is 16.3 Å². The van der Waals surface area contributed by atoms with Crippen LogP contribution in [-0.2, 0) is 4.79 Å². The maximum Gasteiger partial charge on any atom is 0.263 e. The highest BCUT2D eigenvalue weighted by Crippen LogP contribution is 2.27. The Morgan fingerprint density at radius 1 is 1.23 bits per heavy atom. The van der Waals surface area contributed by atoms with Crippen LogP contribution in [0, 0.1) is 13.8 Å². The van der Waals surface area contributed by atoms with Gasteiger partial charge in [0.2, 0.25) is 0 Å². The van der Waals surface area contributed by atoms with E-state index in [2.05, 4.69) is 0 Å². The van der Waals surface area contributed by atoms with Gasteiger partial charge in [0.25, 0.3) is 5.91 Å². The number of rotatable bonds is 4. The summed E-state index contributed by atoms with van der Waals surface area (Å²) in [4.78, 5) is 14.4. The molecule has 1 aromatic rings. The van der Waals surface area contributed by atoms with Crippen LogP contribution in [-0.4, -0.2) is 30.0 Å². The Morgan fingerprint density at radius 3 is 2.32 bits per heavy atom. The molecule has 22 heavy (non-hydrogen) atoms. The number of carbonyl (C=O) groups is 1. The van der Waals surface area contributed by atoms with Gasteiger partial charge in [-0.1, -0.05) is 30.9 Å². The maximum absolute atomic E-state index is 12.6. The Labute approximate surface area is 138 Å². The van der Waals surface area contributed by atoms with Gasteiger partial charge in [0.05, 0.1) is 0 Å². The fourth-order valence-electron chi connectivity index (χ4n) is 3.16. The number of hydrogen-bond acceptors (Lipinski definition) is 2. The van der Waals surface area contributed by atoms with Crippen LogP contribution in [0.3, 0.4) is 0 Å². The SMILES string of the molecule is Cc1cc(OC(C)C(=O)N(C)C2CCCCC2)cc(C)c1Cl. The lowest BCUT2D eigenvalue weighted by Crippen LogP contribution is -2.44. The number of benzene rings is 1. The van der Waals surface area contributed by atoms with Crippen molar-refractivity contribution in [3.63, 3.8) is 0 Å². The number of halogens is 1. The Balaban J connectivity index is 2.01. The lowest BCUT2D eigenvalue weighted by atomic mass is 9.94. The molecule has 1 amide bonds. The quantitative estimate of drug-likeness (QED) is 0.815. The van der Waals surface area contributed by atoms with Crippen molar-refractivity contribution in [1.82, 2.24) is 4.90 Å². The van der Waals surface area contributed by atoms with Crippen LogP contribution in [0.2, 0.25) is 5.02 Å². The number of amides is 1. The summed E-state index contributed by atoms with van der Waals surface area (Å²) in [5.74, 6) is 0.759. The van der Waals surface area contributed by atoms with E-state index in [1.807, 2.05) is 44.9 Å². The van der Waals surface area contributed by atoms with Crippen LogP contribution in [0.15, 0.2) is 12.1 Å². The van der Waals surface area contributed by atoms with Crippen molar-refractivity contribution in [2.75, 3.05) is 7.05 Å². The van der Waals surface area contributed by atoms with Gasteiger partial charge >= 0.3 is 0 Å². The molecule has 1 aliphatic carbocycles. The van der Waals surface area contributed by atoms with Gasteiger partial charge in [0.1, 0.15) is 5.75 Å². The smallest absolute Gasteiger partial charge is 0.263 e. The second-order valence-corrected chi connectivity index (χ2v) is 6.75. The minimum absolute atomic E-state index is 0.0529. The predicted molar refractivity (Wildman–Crippen MR) is 90.7 cm³/mol. The Hall–Kier alpha value is -1.22. The molecule has 3 nitrogen and oxygen atoms in total. The van der Waals surface area contributed by atoms with Crippen LogP contribution < -0.4 is 4.74 Å². The van der Waals surface area contributed by atoms with Gasteiger partial charge in [0, 0.05) is 18.1 Å². The highest BCUT2D eigenvalue weighted by Gasteiger charge is 2.26. The minimum Gasteiger partial charge on any atom is -0.481 e. The number of nitrogens with zero attached hydrogens (tertiary/aromatic N) is 1. The second kappa shape index (κ2) is 7.36. The number of ether oxygens (including phenoxy) is 1. The summed E-state index contributed by atoms with van der Waals surface area (Å²) in [6, 6.07) is 4.14. The van der Waals surface area contributed by atoms with Crippen molar-refractivity contribution in [3.8, 4) is 5.75 Å². The van der Waals surface area contributed by atoms with E-state index in [1.165, 1.54) is 19.3 Å². The Morgan fingerprint density at radius 2 is 1.77 bits per heavy atom. The first kappa shape index (κ1) is 17.1. The van der Waals surface area contributed by atoms with Crippen LogP contribution in [0.25, 0.3) is 0 Å². The second-order valence-electron chi connectivity index (χ2n) is 6.37. The van der Waals surface area contributed by atoms with Crippen LogP contribution in [0.4, 0.5) is 0 Å². The van der Waals surface area contributed by atoms with Gasteiger partial charge in [-0.3, -0.25) is 4.79 Å². The molecule has 0 saturated heterocycles. The fourth-order valence-corrected chi connectivity index (χ4v) is 3.27. The van der Waals surface area contributed by atoms with Gasteiger partial charge in [-0.15, -0.1) is 0 Å². The van der Waals surface area contributed by atoms with Crippen molar-refractivity contribution in [3.05, 3.63) is 28.3 Å². The van der Waals surface area contributed by atoms with Gasteiger partial charge in [-0.05, 0) is 56.9 Å². The average Bonchev–Trinajstić information content (AvgIpc) is 2.51. The van der Waals surface area contributed by atoms with E-state index in [0.717, 1.165) is 29.0 Å². The summed E-state index contributed by atoms with van der Waals surface area (Å²) in [5.41, 5.74) is 1.94. The Kier molecular flexibility index (Phi) is 5.74. The molecular formula is C18H26ClNO2. The molecule has 1 unspecified atom stereocenters. The molecule has 1 aliphatic rings. The summed E-state index contributed by atoms with van der Waals surface area (Å²) in [5, 5.41) is 0.755. The molecule has 1 aromatic carbocycles. The van der Waals surface area contributed by atoms with Crippen molar-refractivity contribution < 1.29 is 9.53 Å². The molecule has 0 bridgehead atoms. The van der Waals surface area contributed by atoms with Crippen LogP contribution >= 0.6 is 11.6 Å². The monoisotopic (exact) mass is 323 g/mol. The first-order valence-corrected chi connectivity index (χ1v) is 8.48. The van der Waals surface area contributed by atoms with Crippen molar-refractivity contribution in [2.45, 2.75) is 65.0 Å². The highest BCUT2D eigenvalue weighted by molar-refractivity contribution is 6.32. The Bertz CT molecular complexity index is 515. The summed E-state index contributed by atoms with van der Waals surface area (Å²) >= 11 is 6.17. The average molecular weight is 324 g/mol. The summed E-state index contributed by atoms with van der Waals surface area (Å²) in [6.07, 6.45) is 5.45. The van der Waals surface area contributed by atoms with E-state index in [-0.39, 0.29) is 5.91 Å². The fraction of sp³-hybridized carbons (Fsp3) is 0.611. The standard InChI is InChI=1S/C18H26ClNO2/c1-12-10-16(11-13(2)17(12)19)22-14(3)18(21)20(4)15-8-6-5-7-9-15/h10-11,14-15H,5-9H2,1-4H3. The van der Waals surface area contributed by atoms with Gasteiger partial charge in [0.15, 0.2) is 6.10 Å². The minimum atomic E-state index is -0.480. The zero-order valence-corrected chi connectivity index (χ0v) is 14.7. The number of aryl methyl sites for hydroxylation is 2. The number of likely N-dealkylation sites (N-methyl/N-ethyl adjacent to an activating group) is 1. The third-order valence-corrected chi connectivity index (χ3v) is 5.14. The molecule has 4 heteroatoms. The molecular weight excluding hydrogens is 298 g/mol. The third-order valence-electron chi connectivity index (χ3n) is 4.54. The summed E-state index contributed by atoms with van der Waals surface area (Å²) < 4.78 is 5.85. The number of hydrogen-bond donors (Lipinski definition) is 0. The zero-order valence-electron chi connectivity index (χ0n) is 14.0. The zero-order chi connectivity index (χ0) is 16.3. The maximum atomic E-state index is 12.6. The third kappa shape index (κ3) is 3.95. The molecule has 0 aliphatic heterocycles.